The summed E-state index contributed by atoms with van der Waals surface area (Å²) in [5, 5.41) is 0. The van der Waals surface area contributed by atoms with Crippen molar-refractivity contribution in [3.05, 3.63) is 0 Å². The minimum absolute atomic E-state index is 0.279. The van der Waals surface area contributed by atoms with Gasteiger partial charge in [0, 0.05) is 16.3 Å². The van der Waals surface area contributed by atoms with Crippen molar-refractivity contribution < 1.29 is 8.85 Å². The van der Waals surface area contributed by atoms with Crippen molar-refractivity contribution in [1.29, 1.82) is 0 Å². The lowest BCUT2D eigenvalue weighted by Gasteiger charge is -2.32. The molecule has 0 aromatic heterocycles. The lowest BCUT2D eigenvalue weighted by molar-refractivity contribution is 0.109. The van der Waals surface area contributed by atoms with E-state index in [-0.39, 0.29) is 12.2 Å². The Bertz CT molecular complexity index is 141. The van der Waals surface area contributed by atoms with E-state index in [9.17, 15) is 0 Å². The maximum Gasteiger partial charge on any atom is 0.348 e. The molecule has 0 rings (SSSR count). The van der Waals surface area contributed by atoms with E-state index < -0.39 is 8.56 Å². The highest BCUT2D eigenvalue weighted by molar-refractivity contribution is 14.1. The third-order valence-corrected chi connectivity index (χ3v) is 8.69. The van der Waals surface area contributed by atoms with E-state index in [4.69, 9.17) is 8.85 Å². The molecule has 0 aromatic carbocycles. The van der Waals surface area contributed by atoms with Crippen LogP contribution in [0.25, 0.3) is 0 Å². The molecule has 0 atom stereocenters. The highest BCUT2D eigenvalue weighted by Gasteiger charge is 2.37. The van der Waals surface area contributed by atoms with Gasteiger partial charge in [-0.1, -0.05) is 35.9 Å². The van der Waals surface area contributed by atoms with Crippen LogP contribution >= 0.6 is 22.6 Å². The summed E-state index contributed by atoms with van der Waals surface area (Å²) in [7, 11) is -1.91. The van der Waals surface area contributed by atoms with Gasteiger partial charge in [0.2, 0.25) is 0 Å². The van der Waals surface area contributed by atoms with E-state index in [0.717, 1.165) is 16.5 Å². The van der Waals surface area contributed by atoms with Gasteiger partial charge in [-0.25, -0.2) is 0 Å². The number of alkyl halides is 1. The molecule has 4 heteroatoms. The molecule has 86 valence electrons. The summed E-state index contributed by atoms with van der Waals surface area (Å²) in [6.07, 6.45) is 1.71. The normalized spacial score (nSPS) is 12.9. The van der Waals surface area contributed by atoms with E-state index in [2.05, 4.69) is 57.2 Å². The zero-order valence-electron chi connectivity index (χ0n) is 9.97. The monoisotopic (exact) mass is 330 g/mol. The van der Waals surface area contributed by atoms with Gasteiger partial charge < -0.3 is 8.85 Å². The molecule has 0 amide bonds. The predicted octanol–water partition coefficient (Wildman–Crippen LogP) is 3.66. The molecule has 0 aromatic rings. The molecule has 0 unspecified atom stereocenters. The highest BCUT2D eigenvalue weighted by Crippen LogP contribution is 2.22. The molecule has 0 aliphatic heterocycles. The maximum atomic E-state index is 6.05. The summed E-state index contributed by atoms with van der Waals surface area (Å²) in [5.74, 6) is 0. The van der Waals surface area contributed by atoms with Gasteiger partial charge in [-0.2, -0.15) is 0 Å². The summed E-state index contributed by atoms with van der Waals surface area (Å²) in [6.45, 7) is 10.6. The zero-order chi connectivity index (χ0) is 11.2. The van der Waals surface area contributed by atoms with E-state index in [1.165, 1.54) is 0 Å². The molecular formula is C10H23IO2Si. The third kappa shape index (κ3) is 5.68. The fraction of sp³-hybridized carbons (Fsp3) is 1.00. The minimum atomic E-state index is -1.91. The minimum Gasteiger partial charge on any atom is -0.391 e. The SMILES string of the molecule is CCC[Si](CI)(OC(C)C)OC(C)C. The van der Waals surface area contributed by atoms with Crippen molar-refractivity contribution in [2.24, 2.45) is 0 Å². The molecular weight excluding hydrogens is 307 g/mol. The number of hydrogen-bond acceptors (Lipinski definition) is 2. The first-order chi connectivity index (χ1) is 6.45. The van der Waals surface area contributed by atoms with Crippen molar-refractivity contribution in [2.75, 3.05) is 4.05 Å². The average Bonchev–Trinajstić information content (AvgIpc) is 2.02. The smallest absolute Gasteiger partial charge is 0.348 e. The molecule has 0 aliphatic carbocycles. The molecule has 0 N–H and O–H groups in total. The summed E-state index contributed by atoms with van der Waals surface area (Å²) in [6, 6.07) is 1.10. The van der Waals surface area contributed by atoms with Crippen molar-refractivity contribution >= 4 is 31.2 Å². The van der Waals surface area contributed by atoms with Crippen LogP contribution < -0.4 is 0 Å². The van der Waals surface area contributed by atoms with Gasteiger partial charge in [-0.15, -0.1) is 0 Å². The Morgan fingerprint density at radius 1 is 1.07 bits per heavy atom. The highest BCUT2D eigenvalue weighted by atomic mass is 127. The van der Waals surface area contributed by atoms with Crippen LogP contribution in [0.1, 0.15) is 41.0 Å². The van der Waals surface area contributed by atoms with Crippen LogP contribution in [0.2, 0.25) is 6.04 Å². The molecule has 0 saturated carbocycles. The summed E-state index contributed by atoms with van der Waals surface area (Å²) >= 11 is 2.40. The lowest BCUT2D eigenvalue weighted by atomic mass is 10.5. The van der Waals surface area contributed by atoms with E-state index in [1.807, 2.05) is 0 Å². The van der Waals surface area contributed by atoms with Crippen LogP contribution in [0.15, 0.2) is 0 Å². The summed E-state index contributed by atoms with van der Waals surface area (Å²) in [5.41, 5.74) is 0. The Morgan fingerprint density at radius 2 is 1.50 bits per heavy atom. The summed E-state index contributed by atoms with van der Waals surface area (Å²) < 4.78 is 13.1. The van der Waals surface area contributed by atoms with Gasteiger partial charge in [0.25, 0.3) is 0 Å². The Hall–Kier alpha value is 0.867. The van der Waals surface area contributed by atoms with Gasteiger partial charge in [0.15, 0.2) is 0 Å². The van der Waals surface area contributed by atoms with Crippen molar-refractivity contribution in [2.45, 2.75) is 59.3 Å². The molecule has 0 fully saturated rings. The topological polar surface area (TPSA) is 18.5 Å². The third-order valence-electron chi connectivity index (χ3n) is 1.74. The molecule has 0 radical (unpaired) electrons. The lowest BCUT2D eigenvalue weighted by Crippen LogP contribution is -2.48. The standard InChI is InChI=1S/C10H23IO2Si/c1-6-7-14(8-11,12-9(2)3)13-10(4)5/h9-10H,6-8H2,1-5H3. The Kier molecular flexibility index (Phi) is 7.64. The average molecular weight is 330 g/mol. The van der Waals surface area contributed by atoms with E-state index in [1.54, 1.807) is 0 Å². The fourth-order valence-electron chi connectivity index (χ4n) is 1.52. The molecule has 0 aliphatic rings. The first-order valence-corrected chi connectivity index (χ1v) is 9.13. The van der Waals surface area contributed by atoms with Gasteiger partial charge in [-0.3, -0.25) is 0 Å². The molecule has 14 heavy (non-hydrogen) atoms. The van der Waals surface area contributed by atoms with Crippen LogP contribution in [-0.2, 0) is 8.85 Å². The number of rotatable bonds is 7. The summed E-state index contributed by atoms with van der Waals surface area (Å²) in [4.78, 5) is 0. The molecule has 0 bridgehead atoms. The van der Waals surface area contributed by atoms with Crippen LogP contribution in [0, 0.1) is 0 Å². The number of halogens is 1. The van der Waals surface area contributed by atoms with Crippen LogP contribution in [0.3, 0.4) is 0 Å². The second kappa shape index (κ2) is 7.19. The van der Waals surface area contributed by atoms with Crippen LogP contribution in [0.4, 0.5) is 0 Å². The van der Waals surface area contributed by atoms with E-state index >= 15 is 0 Å². The van der Waals surface area contributed by atoms with Gasteiger partial charge in [0.1, 0.15) is 0 Å². The second-order valence-corrected chi connectivity index (χ2v) is 9.48. The van der Waals surface area contributed by atoms with Gasteiger partial charge >= 0.3 is 8.56 Å². The largest absolute Gasteiger partial charge is 0.391 e. The predicted molar refractivity (Wildman–Crippen MR) is 72.2 cm³/mol. The Morgan fingerprint density at radius 3 is 1.71 bits per heavy atom. The first-order valence-electron chi connectivity index (χ1n) is 5.37. The van der Waals surface area contributed by atoms with E-state index in [0.29, 0.717) is 0 Å². The number of hydrogen-bond donors (Lipinski definition) is 0. The quantitative estimate of drug-likeness (QED) is 0.403. The Balaban J connectivity index is 4.42. The van der Waals surface area contributed by atoms with Gasteiger partial charge in [-0.05, 0) is 33.7 Å². The fourth-order valence-corrected chi connectivity index (χ4v) is 6.77. The van der Waals surface area contributed by atoms with Crippen LogP contribution in [0.5, 0.6) is 0 Å². The molecule has 0 heterocycles. The van der Waals surface area contributed by atoms with Crippen molar-refractivity contribution in [1.82, 2.24) is 0 Å². The molecule has 0 spiro atoms. The zero-order valence-corrected chi connectivity index (χ0v) is 13.1. The van der Waals surface area contributed by atoms with Crippen molar-refractivity contribution in [3.63, 3.8) is 0 Å². The second-order valence-electron chi connectivity index (χ2n) is 4.13. The Labute approximate surface area is 103 Å². The molecule has 2 nitrogen and oxygen atoms in total. The van der Waals surface area contributed by atoms with Crippen molar-refractivity contribution in [3.8, 4) is 0 Å². The maximum absolute atomic E-state index is 6.05. The molecule has 0 saturated heterocycles. The van der Waals surface area contributed by atoms with Gasteiger partial charge in [0.05, 0.1) is 0 Å². The van der Waals surface area contributed by atoms with Crippen LogP contribution in [-0.4, -0.2) is 24.8 Å². The first kappa shape index (κ1) is 14.9.